The molecule has 0 aliphatic heterocycles. The molecule has 3 atom stereocenters. The van der Waals surface area contributed by atoms with Crippen LogP contribution in [0.2, 0.25) is 0 Å². The molecule has 0 saturated heterocycles. The van der Waals surface area contributed by atoms with Crippen molar-refractivity contribution >= 4 is 34.6 Å². The number of likely N-dealkylation sites (N-methyl/N-ethyl adjacent to an activating group) is 2. The van der Waals surface area contributed by atoms with Gasteiger partial charge in [0, 0.05) is 56.2 Å². The van der Waals surface area contributed by atoms with E-state index in [0.717, 1.165) is 16.5 Å². The molecule has 9 heteroatoms. The van der Waals surface area contributed by atoms with Gasteiger partial charge in [-0.1, -0.05) is 65.8 Å². The van der Waals surface area contributed by atoms with Crippen LogP contribution in [0, 0.1) is 11.8 Å². The van der Waals surface area contributed by atoms with Crippen LogP contribution in [0.5, 0.6) is 0 Å². The Morgan fingerprint density at radius 3 is 2.05 bits per heavy atom. The fourth-order valence-electron chi connectivity index (χ4n) is 5.36. The Morgan fingerprint density at radius 2 is 1.55 bits per heavy atom. The van der Waals surface area contributed by atoms with Gasteiger partial charge in [-0.15, -0.1) is 0 Å². The summed E-state index contributed by atoms with van der Waals surface area (Å²) in [6, 6.07) is 5.63. The van der Waals surface area contributed by atoms with E-state index in [4.69, 9.17) is 0 Å². The van der Waals surface area contributed by atoms with Crippen molar-refractivity contribution in [2.45, 2.75) is 78.9 Å². The monoisotopic (exact) mass is 554 g/mol. The lowest BCUT2D eigenvalue weighted by molar-refractivity contribution is -0.143. The van der Waals surface area contributed by atoms with Crippen molar-refractivity contribution in [1.29, 1.82) is 0 Å². The van der Waals surface area contributed by atoms with E-state index in [1.165, 1.54) is 23.6 Å². The number of carbonyl (C=O) groups excluding carboxylic acids is 3. The summed E-state index contributed by atoms with van der Waals surface area (Å²) in [5.74, 6) is -2.41. The van der Waals surface area contributed by atoms with E-state index < -0.39 is 35.4 Å². The quantitative estimate of drug-likeness (QED) is 0.409. The second-order valence-electron chi connectivity index (χ2n) is 12.0. The van der Waals surface area contributed by atoms with Gasteiger partial charge in [-0.05, 0) is 30.4 Å². The molecule has 2 rings (SSSR count). The molecule has 1 heterocycles. The van der Waals surface area contributed by atoms with Crippen molar-refractivity contribution in [3.63, 3.8) is 0 Å². The summed E-state index contributed by atoms with van der Waals surface area (Å²) in [5.41, 5.74) is 1.25. The number of aliphatic carboxylic acids is 1. The number of carbonyl (C=O) groups is 4. The molecule has 0 aliphatic rings. The highest BCUT2D eigenvalue weighted by Gasteiger charge is 2.44. The third kappa shape index (κ3) is 6.74. The minimum Gasteiger partial charge on any atom is -0.478 e. The highest BCUT2D eigenvalue weighted by molar-refractivity contribution is 5.94. The van der Waals surface area contributed by atoms with Crippen LogP contribution >= 0.6 is 0 Å². The number of rotatable bonds is 11. The summed E-state index contributed by atoms with van der Waals surface area (Å²) in [4.78, 5) is 54.9. The first-order valence-electron chi connectivity index (χ1n) is 13.7. The van der Waals surface area contributed by atoms with Crippen molar-refractivity contribution in [2.75, 3.05) is 14.1 Å². The molecule has 40 heavy (non-hydrogen) atoms. The molecule has 0 unspecified atom stereocenters. The molecule has 9 nitrogen and oxygen atoms in total. The van der Waals surface area contributed by atoms with Gasteiger partial charge in [-0.2, -0.15) is 0 Å². The number of para-hydroxylation sites is 1. The normalized spacial score (nSPS) is 14.7. The molecular weight excluding hydrogens is 508 g/mol. The van der Waals surface area contributed by atoms with Gasteiger partial charge in [0.25, 0.3) is 0 Å². The maximum Gasteiger partial charge on any atom is 0.331 e. The fraction of sp³-hybridized carbons (Fsp3) is 0.548. The number of hydrogen-bond acceptors (Lipinski definition) is 4. The van der Waals surface area contributed by atoms with E-state index in [0.29, 0.717) is 0 Å². The van der Waals surface area contributed by atoms with Crippen molar-refractivity contribution in [3.8, 4) is 0 Å². The summed E-state index contributed by atoms with van der Waals surface area (Å²) in [7, 11) is 5.17. The van der Waals surface area contributed by atoms with Gasteiger partial charge in [0.15, 0.2) is 0 Å². The van der Waals surface area contributed by atoms with Gasteiger partial charge in [0.05, 0.1) is 6.04 Å². The Labute approximate surface area is 238 Å². The number of fused-ring (bicyclic) bond motifs is 1. The average molecular weight is 555 g/mol. The predicted octanol–water partition coefficient (Wildman–Crippen LogP) is 3.96. The molecule has 0 saturated carbocycles. The van der Waals surface area contributed by atoms with E-state index in [1.807, 2.05) is 83.6 Å². The van der Waals surface area contributed by atoms with Crippen LogP contribution in [-0.4, -0.2) is 75.4 Å². The molecule has 220 valence electrons. The number of benzene rings is 1. The molecule has 0 bridgehead atoms. The number of nitrogens with zero attached hydrogens (tertiary/aromatic N) is 3. The summed E-state index contributed by atoms with van der Waals surface area (Å²) < 4.78 is 2.00. The smallest absolute Gasteiger partial charge is 0.331 e. The Bertz CT molecular complexity index is 1290. The summed E-state index contributed by atoms with van der Waals surface area (Å²) >= 11 is 0. The van der Waals surface area contributed by atoms with Gasteiger partial charge >= 0.3 is 5.97 Å². The summed E-state index contributed by atoms with van der Waals surface area (Å²) in [5, 5.41) is 13.3. The first kappa shape index (κ1) is 32.6. The van der Waals surface area contributed by atoms with E-state index in [9.17, 15) is 24.3 Å². The standard InChI is InChI=1S/C31H46N4O5/c1-18(2)25(16-20(5)30(39)40)35(11)29(38)26(19(3)4)32-28(37)27(34(10)21(6)36)31(7,8)23-17-33(9)24-15-13-12-14-22(23)24/h12-19,25-27H,1-11H3,(H,32,37)(H,39,40)/t25-,26+,27-/m1/s1. The minimum atomic E-state index is -1.05. The average Bonchev–Trinajstić information content (AvgIpc) is 3.21. The summed E-state index contributed by atoms with van der Waals surface area (Å²) in [6.45, 7) is 14.3. The van der Waals surface area contributed by atoms with E-state index in [1.54, 1.807) is 20.2 Å². The third-order valence-electron chi connectivity index (χ3n) is 7.87. The zero-order valence-electron chi connectivity index (χ0n) is 25.8. The molecule has 0 aliphatic carbocycles. The van der Waals surface area contributed by atoms with Gasteiger partial charge in [0.2, 0.25) is 17.7 Å². The lowest BCUT2D eigenvalue weighted by Crippen LogP contribution is -2.61. The molecule has 2 N–H and O–H groups in total. The molecule has 3 amide bonds. The molecule has 0 fully saturated rings. The third-order valence-corrected chi connectivity index (χ3v) is 7.87. The maximum absolute atomic E-state index is 14.1. The fourth-order valence-corrected chi connectivity index (χ4v) is 5.36. The first-order valence-corrected chi connectivity index (χ1v) is 13.7. The number of aryl methyl sites for hydroxylation is 1. The van der Waals surface area contributed by atoms with E-state index in [-0.39, 0.29) is 29.2 Å². The number of hydrogen-bond donors (Lipinski definition) is 2. The van der Waals surface area contributed by atoms with Crippen molar-refractivity contribution < 1.29 is 24.3 Å². The predicted molar refractivity (Wildman–Crippen MR) is 158 cm³/mol. The molecule has 0 spiro atoms. The SMILES string of the molecule is CC(=O)N(C)[C@H](C(=O)N[C@H](C(=O)N(C)[C@H](C=C(C)C(=O)O)C(C)C)C(C)C)C(C)(C)c1cn(C)c2ccccc12. The van der Waals surface area contributed by atoms with E-state index in [2.05, 4.69) is 5.32 Å². The molecule has 1 aromatic carbocycles. The molecule has 1 aromatic heterocycles. The highest BCUT2D eigenvalue weighted by Crippen LogP contribution is 2.36. The Balaban J connectivity index is 2.52. The Hall–Kier alpha value is -3.62. The second-order valence-corrected chi connectivity index (χ2v) is 12.0. The van der Waals surface area contributed by atoms with Crippen LogP contribution in [0.4, 0.5) is 0 Å². The van der Waals surface area contributed by atoms with Crippen molar-refractivity contribution in [3.05, 3.63) is 47.7 Å². The topological polar surface area (TPSA) is 112 Å². The largest absolute Gasteiger partial charge is 0.478 e. The molecular formula is C31H46N4O5. The second kappa shape index (κ2) is 12.7. The first-order chi connectivity index (χ1) is 18.4. The van der Waals surface area contributed by atoms with Gasteiger partial charge in [-0.3, -0.25) is 14.4 Å². The lowest BCUT2D eigenvalue weighted by Gasteiger charge is -2.40. The number of aromatic nitrogens is 1. The van der Waals surface area contributed by atoms with Crippen LogP contribution in [0.25, 0.3) is 10.9 Å². The van der Waals surface area contributed by atoms with Crippen LogP contribution in [0.1, 0.15) is 61.0 Å². The zero-order valence-corrected chi connectivity index (χ0v) is 25.8. The lowest BCUT2D eigenvalue weighted by atomic mass is 9.76. The number of carboxylic acids is 1. The van der Waals surface area contributed by atoms with Crippen LogP contribution in [-0.2, 0) is 31.6 Å². The van der Waals surface area contributed by atoms with Crippen molar-refractivity contribution in [2.24, 2.45) is 18.9 Å². The molecule has 0 radical (unpaired) electrons. The Kier molecular flexibility index (Phi) is 10.3. The highest BCUT2D eigenvalue weighted by atomic mass is 16.4. The van der Waals surface area contributed by atoms with Gasteiger partial charge < -0.3 is 24.8 Å². The van der Waals surface area contributed by atoms with Gasteiger partial charge in [-0.25, -0.2) is 4.79 Å². The zero-order chi connectivity index (χ0) is 30.7. The number of carboxylic acid groups (broad SMARTS) is 1. The van der Waals surface area contributed by atoms with Crippen molar-refractivity contribution in [1.82, 2.24) is 19.7 Å². The number of amides is 3. The van der Waals surface area contributed by atoms with Gasteiger partial charge in [0.1, 0.15) is 12.1 Å². The van der Waals surface area contributed by atoms with Crippen LogP contribution < -0.4 is 5.32 Å². The summed E-state index contributed by atoms with van der Waals surface area (Å²) in [6.07, 6.45) is 3.56. The Morgan fingerprint density at radius 1 is 0.975 bits per heavy atom. The van der Waals surface area contributed by atoms with Crippen LogP contribution in [0.15, 0.2) is 42.1 Å². The number of nitrogens with one attached hydrogen (secondary N) is 1. The van der Waals surface area contributed by atoms with E-state index >= 15 is 0 Å². The molecule has 2 aromatic rings. The van der Waals surface area contributed by atoms with Crippen LogP contribution in [0.3, 0.4) is 0 Å². The maximum atomic E-state index is 14.1. The minimum absolute atomic E-state index is 0.0614.